The third-order valence-corrected chi connectivity index (χ3v) is 7.94. The summed E-state index contributed by atoms with van der Waals surface area (Å²) in [7, 11) is -3.68. The van der Waals surface area contributed by atoms with Crippen LogP contribution in [0.15, 0.2) is 10.3 Å². The number of hydrogen-bond acceptors (Lipinski definition) is 5. The lowest BCUT2D eigenvalue weighted by atomic mass is 10.0. The number of rotatable bonds is 3. The molecule has 8 heteroatoms. The zero-order valence-electron chi connectivity index (χ0n) is 11.5. The van der Waals surface area contributed by atoms with E-state index < -0.39 is 22.1 Å². The Hall–Kier alpha value is -0.960. The molecule has 21 heavy (non-hydrogen) atoms. The second-order valence-electron chi connectivity index (χ2n) is 5.73. The van der Waals surface area contributed by atoms with E-state index >= 15 is 0 Å². The Labute approximate surface area is 127 Å². The maximum absolute atomic E-state index is 12.8. The molecule has 0 amide bonds. The summed E-state index contributed by atoms with van der Waals surface area (Å²) in [5.74, 6) is -1.10. The summed E-state index contributed by atoms with van der Waals surface area (Å²) in [6.07, 6.45) is 2.01. The Morgan fingerprint density at radius 1 is 1.33 bits per heavy atom. The molecule has 1 aromatic heterocycles. The maximum Gasteiger partial charge on any atom is 0.346 e. The lowest BCUT2D eigenvalue weighted by Crippen LogP contribution is -2.47. The summed E-state index contributed by atoms with van der Waals surface area (Å²) >= 11 is 0.809. The molecule has 0 aliphatic carbocycles. The van der Waals surface area contributed by atoms with Gasteiger partial charge >= 0.3 is 5.97 Å². The number of sulfonamides is 1. The molecule has 2 bridgehead atoms. The van der Waals surface area contributed by atoms with E-state index in [1.807, 2.05) is 0 Å². The summed E-state index contributed by atoms with van der Waals surface area (Å²) < 4.78 is 27.2. The number of hydrogen-bond donors (Lipinski definition) is 2. The number of piperidine rings is 1. The topological polar surface area (TPSA) is 94.9 Å². The Morgan fingerprint density at radius 2 is 1.90 bits per heavy atom. The van der Waals surface area contributed by atoms with E-state index in [1.165, 1.54) is 10.4 Å². The first kappa shape index (κ1) is 15.0. The Morgan fingerprint density at radius 3 is 2.38 bits per heavy atom. The summed E-state index contributed by atoms with van der Waals surface area (Å²) in [6, 6.07) is 1.10. The summed E-state index contributed by atoms with van der Waals surface area (Å²) in [5.41, 5.74) is 0.468. The first-order valence-corrected chi connectivity index (χ1v) is 9.11. The largest absolute Gasteiger partial charge is 0.477 e. The highest BCUT2D eigenvalue weighted by Gasteiger charge is 2.47. The fraction of sp³-hybridized carbons (Fsp3) is 0.615. The molecule has 0 spiro atoms. The minimum atomic E-state index is -3.68. The van der Waals surface area contributed by atoms with Crippen LogP contribution < -0.4 is 0 Å². The van der Waals surface area contributed by atoms with Gasteiger partial charge in [-0.1, -0.05) is 0 Å². The number of carbonyl (C=O) groups is 1. The van der Waals surface area contributed by atoms with E-state index in [0.717, 1.165) is 24.2 Å². The lowest BCUT2D eigenvalue weighted by Gasteiger charge is -2.35. The first-order valence-electron chi connectivity index (χ1n) is 6.86. The Kier molecular flexibility index (Phi) is 3.59. The number of aromatic carboxylic acids is 1. The van der Waals surface area contributed by atoms with Crippen molar-refractivity contribution in [1.29, 1.82) is 0 Å². The normalized spacial score (nSPS) is 29.7. The van der Waals surface area contributed by atoms with Crippen LogP contribution in [0.3, 0.4) is 0 Å². The van der Waals surface area contributed by atoms with Crippen molar-refractivity contribution in [2.75, 3.05) is 0 Å². The van der Waals surface area contributed by atoms with Crippen LogP contribution in [-0.4, -0.2) is 47.1 Å². The van der Waals surface area contributed by atoms with Gasteiger partial charge in [-0.3, -0.25) is 0 Å². The van der Waals surface area contributed by atoms with Crippen molar-refractivity contribution in [3.05, 3.63) is 16.5 Å². The highest BCUT2D eigenvalue weighted by molar-refractivity contribution is 7.91. The first-order chi connectivity index (χ1) is 9.80. The van der Waals surface area contributed by atoms with Gasteiger partial charge in [0.25, 0.3) is 10.0 Å². The summed E-state index contributed by atoms with van der Waals surface area (Å²) in [4.78, 5) is 11.2. The maximum atomic E-state index is 12.8. The highest BCUT2D eigenvalue weighted by Crippen LogP contribution is 2.41. The minimum Gasteiger partial charge on any atom is -0.477 e. The van der Waals surface area contributed by atoms with Gasteiger partial charge < -0.3 is 10.2 Å². The summed E-state index contributed by atoms with van der Waals surface area (Å²) in [6.45, 7) is 1.60. The molecule has 2 fully saturated rings. The van der Waals surface area contributed by atoms with E-state index in [9.17, 15) is 18.3 Å². The smallest absolute Gasteiger partial charge is 0.346 e. The lowest BCUT2D eigenvalue weighted by molar-refractivity contribution is 0.0700. The SMILES string of the molecule is Cc1cc(S(=O)(=O)N2C3CCC2CC(O)C3)sc1C(=O)O. The van der Waals surface area contributed by atoms with Crippen LogP contribution in [-0.2, 0) is 10.0 Å². The van der Waals surface area contributed by atoms with Gasteiger partial charge in [0.15, 0.2) is 0 Å². The second-order valence-corrected chi connectivity index (χ2v) is 8.85. The molecule has 116 valence electrons. The van der Waals surface area contributed by atoms with Gasteiger partial charge in [0.2, 0.25) is 0 Å². The number of nitrogens with zero attached hydrogens (tertiary/aromatic N) is 1. The van der Waals surface area contributed by atoms with E-state index in [2.05, 4.69) is 0 Å². The molecule has 0 saturated carbocycles. The fourth-order valence-electron chi connectivity index (χ4n) is 3.39. The highest BCUT2D eigenvalue weighted by atomic mass is 32.2. The Bertz CT molecular complexity index is 667. The molecular weight excluding hydrogens is 314 g/mol. The fourth-order valence-corrected chi connectivity index (χ4v) is 6.77. The molecule has 2 unspecified atom stereocenters. The summed E-state index contributed by atoms with van der Waals surface area (Å²) in [5, 5.41) is 18.8. The standard InChI is InChI=1S/C13H17NO5S2/c1-7-4-11(20-12(7)13(16)17)21(18,19)14-8-2-3-9(14)6-10(15)5-8/h4,8-10,15H,2-3,5-6H2,1H3,(H,16,17). The molecule has 2 aliphatic heterocycles. The zero-order valence-corrected chi connectivity index (χ0v) is 13.2. The zero-order chi connectivity index (χ0) is 15.4. The predicted molar refractivity (Wildman–Crippen MR) is 77.1 cm³/mol. The molecule has 3 rings (SSSR count). The van der Waals surface area contributed by atoms with Crippen molar-refractivity contribution in [1.82, 2.24) is 4.31 Å². The van der Waals surface area contributed by atoms with Crippen LogP contribution in [0.1, 0.15) is 40.9 Å². The van der Waals surface area contributed by atoms with Crippen LogP contribution in [0.5, 0.6) is 0 Å². The van der Waals surface area contributed by atoms with E-state index in [4.69, 9.17) is 5.11 Å². The quantitative estimate of drug-likeness (QED) is 0.874. The van der Waals surface area contributed by atoms with Crippen LogP contribution in [0.2, 0.25) is 0 Å². The number of aliphatic hydroxyl groups is 1. The molecule has 2 aliphatic rings. The average molecular weight is 331 g/mol. The van der Waals surface area contributed by atoms with Crippen LogP contribution in [0.4, 0.5) is 0 Å². The second kappa shape index (κ2) is 5.05. The van der Waals surface area contributed by atoms with Crippen molar-refractivity contribution < 1.29 is 23.4 Å². The number of aryl methyl sites for hydroxylation is 1. The average Bonchev–Trinajstić information content (AvgIpc) is 2.90. The van der Waals surface area contributed by atoms with Crippen LogP contribution >= 0.6 is 11.3 Å². The van der Waals surface area contributed by atoms with E-state index in [0.29, 0.717) is 18.4 Å². The van der Waals surface area contributed by atoms with Crippen LogP contribution in [0.25, 0.3) is 0 Å². The molecule has 0 radical (unpaired) electrons. The van der Waals surface area contributed by atoms with Crippen molar-refractivity contribution in [2.45, 2.75) is 55.0 Å². The number of carboxylic acid groups (broad SMARTS) is 1. The van der Waals surface area contributed by atoms with Gasteiger partial charge in [0, 0.05) is 12.1 Å². The van der Waals surface area contributed by atoms with Gasteiger partial charge in [-0.25, -0.2) is 13.2 Å². The molecular formula is C13H17NO5S2. The van der Waals surface area contributed by atoms with Crippen molar-refractivity contribution in [3.8, 4) is 0 Å². The molecule has 6 nitrogen and oxygen atoms in total. The molecule has 2 saturated heterocycles. The van der Waals surface area contributed by atoms with Gasteiger partial charge in [-0.15, -0.1) is 11.3 Å². The van der Waals surface area contributed by atoms with Gasteiger partial charge in [-0.05, 0) is 44.2 Å². The number of carboxylic acids is 1. The Balaban J connectivity index is 1.98. The van der Waals surface area contributed by atoms with Crippen molar-refractivity contribution in [3.63, 3.8) is 0 Å². The van der Waals surface area contributed by atoms with Gasteiger partial charge in [-0.2, -0.15) is 4.31 Å². The number of aliphatic hydroxyl groups excluding tert-OH is 1. The molecule has 0 aromatic carbocycles. The molecule has 3 heterocycles. The molecule has 2 atom stereocenters. The number of fused-ring (bicyclic) bond motifs is 2. The number of thiophene rings is 1. The monoisotopic (exact) mass is 331 g/mol. The minimum absolute atomic E-state index is 0.0676. The molecule has 2 N–H and O–H groups in total. The van der Waals surface area contributed by atoms with Gasteiger partial charge in [0.1, 0.15) is 9.09 Å². The van der Waals surface area contributed by atoms with Crippen molar-refractivity contribution in [2.24, 2.45) is 0 Å². The van der Waals surface area contributed by atoms with E-state index in [-0.39, 0.29) is 21.2 Å². The third-order valence-electron chi connectivity index (χ3n) is 4.26. The molecule has 1 aromatic rings. The van der Waals surface area contributed by atoms with E-state index in [1.54, 1.807) is 6.92 Å². The van der Waals surface area contributed by atoms with Crippen molar-refractivity contribution >= 4 is 27.3 Å². The third kappa shape index (κ3) is 2.40. The van der Waals surface area contributed by atoms with Gasteiger partial charge in [0.05, 0.1) is 6.10 Å². The predicted octanol–water partition coefficient (Wildman–Crippen LogP) is 1.43. The van der Waals surface area contributed by atoms with Crippen LogP contribution in [0, 0.1) is 6.92 Å².